The summed E-state index contributed by atoms with van der Waals surface area (Å²) < 4.78 is 6.92. The molecule has 384 valence electrons. The van der Waals surface area contributed by atoms with E-state index in [1.165, 1.54) is 96.3 Å². The Morgan fingerprint density at radius 1 is 0.685 bits per heavy atom. The van der Waals surface area contributed by atoms with E-state index in [-0.39, 0.29) is 17.1 Å². The van der Waals surface area contributed by atoms with Crippen LogP contribution in [0.4, 0.5) is 0 Å². The second-order valence-corrected chi connectivity index (χ2v) is 25.7. The first-order chi connectivity index (χ1) is 36.0. The normalized spacial score (nSPS) is 43.7. The van der Waals surface area contributed by atoms with Crippen molar-refractivity contribution in [3.05, 3.63) is 181 Å². The number of ether oxygens (including phenoxy) is 1. The standard InChI is InChI=1S/C70H88N2O/c1-3-49-29-39-57(40-30-49)73-58-41-34-54(35-42-58)70(53-21-9-5-10-22-53)64-26-14-11-24-60(64)61-43-38-56(48-65(61)70)71(66-27-15-12-23-59(66)51-19-7-4-8-20-51)55-36-31-50(32-37-55)52-33-44-68-63(47-52)62-25-13-16-28-67(62)72(68)69(2)45-17-6-18-46-69/h3,6,9,11-18,21-22,24,26-27,33-35,38,41,43-45,47,49-51,55-65,67-68H,1,4-5,7-8,10,19-20,23,25,28-32,36-37,39-40,42,46,48H2,2H3. The minimum absolute atomic E-state index is 0.0744. The summed E-state index contributed by atoms with van der Waals surface area (Å²) in [7, 11) is 0. The van der Waals surface area contributed by atoms with Crippen LogP contribution in [0.15, 0.2) is 181 Å². The van der Waals surface area contributed by atoms with Crippen molar-refractivity contribution >= 4 is 0 Å². The highest BCUT2D eigenvalue weighted by Gasteiger charge is 2.62. The number of hydrogen-bond acceptors (Lipinski definition) is 3. The lowest BCUT2D eigenvalue weighted by Gasteiger charge is -2.52. The fourth-order valence-corrected chi connectivity index (χ4v) is 18.6. The molecule has 13 rings (SSSR count). The minimum atomic E-state index is -0.0744. The summed E-state index contributed by atoms with van der Waals surface area (Å²) in [5, 5.41) is 0. The summed E-state index contributed by atoms with van der Waals surface area (Å²) >= 11 is 0. The quantitative estimate of drug-likeness (QED) is 0.192. The average Bonchev–Trinajstić information content (AvgIpc) is 3.97. The molecule has 5 fully saturated rings. The summed E-state index contributed by atoms with van der Waals surface area (Å²) in [6.07, 6.45) is 90.2. The molecular formula is C70H88N2O. The molecule has 0 radical (unpaired) electrons. The molecule has 0 amide bonds. The summed E-state index contributed by atoms with van der Waals surface area (Å²) in [6, 6.07) is 2.07. The van der Waals surface area contributed by atoms with Gasteiger partial charge in [-0.3, -0.25) is 4.90 Å². The maximum absolute atomic E-state index is 6.92. The van der Waals surface area contributed by atoms with Gasteiger partial charge in [-0.1, -0.05) is 165 Å². The van der Waals surface area contributed by atoms with Gasteiger partial charge in [0.05, 0.1) is 12.2 Å². The van der Waals surface area contributed by atoms with Gasteiger partial charge in [0.2, 0.25) is 0 Å². The van der Waals surface area contributed by atoms with Crippen molar-refractivity contribution in [1.82, 2.24) is 9.80 Å². The van der Waals surface area contributed by atoms with Crippen LogP contribution >= 0.6 is 0 Å². The molecule has 13 aliphatic rings. The van der Waals surface area contributed by atoms with Gasteiger partial charge in [0.15, 0.2) is 0 Å². The molecule has 13 unspecified atom stereocenters. The topological polar surface area (TPSA) is 15.7 Å². The Bertz CT molecular complexity index is 2510. The number of allylic oxidation sites excluding steroid dienone is 21. The van der Waals surface area contributed by atoms with Gasteiger partial charge in [-0.05, 0) is 193 Å². The molecular weight excluding hydrogens is 885 g/mol. The molecule has 1 saturated heterocycles. The van der Waals surface area contributed by atoms with E-state index in [9.17, 15) is 0 Å². The Kier molecular flexibility index (Phi) is 13.8. The third kappa shape index (κ3) is 8.79. The van der Waals surface area contributed by atoms with E-state index >= 15 is 0 Å². The van der Waals surface area contributed by atoms with Gasteiger partial charge in [-0.2, -0.15) is 0 Å². The first kappa shape index (κ1) is 48.5. The molecule has 12 aliphatic carbocycles. The Balaban J connectivity index is 0.806. The Morgan fingerprint density at radius 3 is 2.33 bits per heavy atom. The van der Waals surface area contributed by atoms with Crippen LogP contribution in [0.1, 0.15) is 142 Å². The van der Waals surface area contributed by atoms with Crippen LogP contribution in [-0.2, 0) is 4.74 Å². The van der Waals surface area contributed by atoms with Gasteiger partial charge in [-0.25, -0.2) is 0 Å². The fourth-order valence-electron chi connectivity index (χ4n) is 18.6. The summed E-state index contributed by atoms with van der Waals surface area (Å²) in [6.45, 7) is 6.62. The maximum atomic E-state index is 6.92. The average molecular weight is 973 g/mol. The van der Waals surface area contributed by atoms with E-state index in [1.807, 2.05) is 0 Å². The molecule has 0 aromatic carbocycles. The van der Waals surface area contributed by atoms with Gasteiger partial charge in [0.1, 0.15) is 0 Å². The van der Waals surface area contributed by atoms with Crippen LogP contribution in [0.2, 0.25) is 0 Å². The number of nitrogens with zero attached hydrogens (tertiary/aromatic N) is 2. The molecule has 3 heteroatoms. The Hall–Kier alpha value is -4.18. The smallest absolute Gasteiger partial charge is 0.0797 e. The van der Waals surface area contributed by atoms with Crippen LogP contribution in [0.5, 0.6) is 0 Å². The van der Waals surface area contributed by atoms with Crippen molar-refractivity contribution < 1.29 is 4.74 Å². The van der Waals surface area contributed by atoms with Crippen LogP contribution in [0, 0.1) is 64.6 Å². The highest BCUT2D eigenvalue weighted by atomic mass is 16.5. The third-order valence-electron chi connectivity index (χ3n) is 22.0. The molecule has 0 aromatic heterocycles. The fraction of sp³-hybridized carbons (Fsp3) is 0.571. The van der Waals surface area contributed by atoms with E-state index in [4.69, 9.17) is 4.74 Å². The largest absolute Gasteiger partial charge is 0.371 e. The predicted octanol–water partition coefficient (Wildman–Crippen LogP) is 16.5. The Morgan fingerprint density at radius 2 is 1.53 bits per heavy atom. The van der Waals surface area contributed by atoms with E-state index < -0.39 is 0 Å². The summed E-state index contributed by atoms with van der Waals surface area (Å²) in [4.78, 5) is 6.10. The minimum Gasteiger partial charge on any atom is -0.371 e. The molecule has 0 N–H and O–H groups in total. The predicted molar refractivity (Wildman–Crippen MR) is 304 cm³/mol. The van der Waals surface area contributed by atoms with Gasteiger partial charge >= 0.3 is 0 Å². The van der Waals surface area contributed by atoms with Crippen molar-refractivity contribution in [1.29, 1.82) is 0 Å². The van der Waals surface area contributed by atoms with E-state index in [1.54, 1.807) is 22.4 Å². The highest BCUT2D eigenvalue weighted by molar-refractivity contribution is 5.52. The molecule has 0 spiro atoms. The van der Waals surface area contributed by atoms with Crippen LogP contribution < -0.4 is 0 Å². The lowest BCUT2D eigenvalue weighted by Crippen LogP contribution is -2.52. The zero-order chi connectivity index (χ0) is 48.9. The number of rotatable bonds is 11. The molecule has 0 aromatic rings. The molecule has 1 aliphatic heterocycles. The lowest BCUT2D eigenvalue weighted by molar-refractivity contribution is -0.0113. The first-order valence-corrected chi connectivity index (χ1v) is 30.4. The summed E-state index contributed by atoms with van der Waals surface area (Å²) in [5.74, 6) is 6.03. The van der Waals surface area contributed by atoms with E-state index in [0.29, 0.717) is 83.5 Å². The molecule has 3 nitrogen and oxygen atoms in total. The first-order valence-electron chi connectivity index (χ1n) is 30.4. The maximum Gasteiger partial charge on any atom is 0.0797 e. The van der Waals surface area contributed by atoms with Gasteiger partial charge in [0, 0.05) is 52.7 Å². The number of fused-ring (bicyclic) bond motifs is 6. The zero-order valence-electron chi connectivity index (χ0n) is 44.5. The van der Waals surface area contributed by atoms with Gasteiger partial charge < -0.3 is 9.64 Å². The van der Waals surface area contributed by atoms with Crippen molar-refractivity contribution in [2.75, 3.05) is 0 Å². The van der Waals surface area contributed by atoms with Crippen molar-refractivity contribution in [2.45, 2.75) is 184 Å². The van der Waals surface area contributed by atoms with Crippen molar-refractivity contribution in [3.63, 3.8) is 0 Å². The van der Waals surface area contributed by atoms with Gasteiger partial charge in [-0.15, -0.1) is 6.58 Å². The second kappa shape index (κ2) is 20.7. The van der Waals surface area contributed by atoms with Crippen molar-refractivity contribution in [2.24, 2.45) is 64.6 Å². The van der Waals surface area contributed by atoms with E-state index in [2.05, 4.69) is 175 Å². The SMILES string of the molecule is C=CC1CCC(OC2C=CC(C3(C4=CCCC=C4)C4C=CC=CC4C4C=CC(N(C5=CC=CCC5C5CCCCC5)C5CCC(C6=CC7C8CC=CCC8N(C8(C)C=CC=CC8)C7C=C6)CC5)CC43)=CC2)CC1. The van der Waals surface area contributed by atoms with Crippen LogP contribution in [0.3, 0.4) is 0 Å². The number of hydrogen-bond donors (Lipinski definition) is 0. The molecule has 1 heterocycles. The monoisotopic (exact) mass is 973 g/mol. The molecule has 4 saturated carbocycles. The zero-order valence-corrected chi connectivity index (χ0v) is 44.5. The van der Waals surface area contributed by atoms with E-state index in [0.717, 1.165) is 44.4 Å². The highest BCUT2D eigenvalue weighted by Crippen LogP contribution is 2.67. The molecule has 13 atom stereocenters. The number of likely N-dealkylation sites (tertiary alicyclic amines) is 1. The van der Waals surface area contributed by atoms with Crippen molar-refractivity contribution in [3.8, 4) is 0 Å². The molecule has 0 bridgehead atoms. The van der Waals surface area contributed by atoms with Crippen LogP contribution in [-0.4, -0.2) is 51.7 Å². The Labute approximate surface area is 441 Å². The third-order valence-corrected chi connectivity index (χ3v) is 22.0. The second-order valence-electron chi connectivity index (χ2n) is 25.7. The molecule has 73 heavy (non-hydrogen) atoms. The lowest BCUT2D eigenvalue weighted by atomic mass is 9.57. The van der Waals surface area contributed by atoms with Crippen LogP contribution in [0.25, 0.3) is 0 Å². The van der Waals surface area contributed by atoms with Gasteiger partial charge in [0.25, 0.3) is 0 Å². The summed E-state index contributed by atoms with van der Waals surface area (Å²) in [5.41, 5.74) is 6.55.